The molecule has 3 heterocycles. The van der Waals surface area contributed by atoms with Crippen LogP contribution in [-0.2, 0) is 4.74 Å². The Labute approximate surface area is 232 Å². The fraction of sp³-hybridized carbons (Fsp3) is 0.444. The Balaban J connectivity index is 0.00000353. The van der Waals surface area contributed by atoms with Gasteiger partial charge in [-0.1, -0.05) is 0 Å². The zero-order valence-electron chi connectivity index (χ0n) is 21.7. The number of alkyl carbamates (subject to hydrolysis) is 1. The van der Waals surface area contributed by atoms with E-state index in [1.807, 2.05) is 18.2 Å². The first-order valence-corrected chi connectivity index (χ1v) is 13.0. The van der Waals surface area contributed by atoms with Gasteiger partial charge in [-0.2, -0.15) is 10.4 Å². The Morgan fingerprint density at radius 3 is 2.64 bits per heavy atom. The van der Waals surface area contributed by atoms with Crippen LogP contribution in [0.25, 0.3) is 16.9 Å². The van der Waals surface area contributed by atoms with Crippen molar-refractivity contribution in [2.75, 3.05) is 19.0 Å². The molecule has 0 aliphatic heterocycles. The average molecular weight is 553 g/mol. The van der Waals surface area contributed by atoms with Crippen molar-refractivity contribution in [3.63, 3.8) is 0 Å². The Kier molecular flexibility index (Phi) is 8.89. The molecule has 2 aliphatic carbocycles. The second-order valence-electron chi connectivity index (χ2n) is 10.2. The van der Waals surface area contributed by atoms with E-state index in [9.17, 15) is 14.9 Å². The minimum Gasteiger partial charge on any atom is -0.453 e. The van der Waals surface area contributed by atoms with Crippen molar-refractivity contribution in [3.05, 3.63) is 47.8 Å². The quantitative estimate of drug-likeness (QED) is 0.347. The van der Waals surface area contributed by atoms with Gasteiger partial charge >= 0.3 is 6.09 Å². The standard InChI is InChI=1S/C27H32N8O3.ClH/c1-38-27(37)31-13-16-8-20(9-16)33-23-11-24(25-7-6-21-10-17(12-28)14-32-35(21)25)30-15-22(23)26(36)34-19-4-2-18(29)3-5-19;/h6-7,10-11,14-16,18-20H,2-5,8-9,13,29H2,1H3,(H,30,33)(H,31,37)(H,34,36);1H. The van der Waals surface area contributed by atoms with Crippen LogP contribution in [0.3, 0.4) is 0 Å². The Morgan fingerprint density at radius 1 is 1.15 bits per heavy atom. The number of halogens is 1. The predicted molar refractivity (Wildman–Crippen MR) is 149 cm³/mol. The molecule has 0 spiro atoms. The number of aromatic nitrogens is 3. The van der Waals surface area contributed by atoms with Gasteiger partial charge in [0.2, 0.25) is 0 Å². The fourth-order valence-corrected chi connectivity index (χ4v) is 5.22. The van der Waals surface area contributed by atoms with Crippen LogP contribution in [0.15, 0.2) is 36.7 Å². The second-order valence-corrected chi connectivity index (χ2v) is 10.2. The minimum atomic E-state index is -0.433. The van der Waals surface area contributed by atoms with Gasteiger partial charge in [0, 0.05) is 30.9 Å². The van der Waals surface area contributed by atoms with Gasteiger partial charge in [-0.15, -0.1) is 12.4 Å². The molecular weight excluding hydrogens is 520 g/mol. The highest BCUT2D eigenvalue weighted by atomic mass is 35.5. The van der Waals surface area contributed by atoms with Gasteiger partial charge in [0.25, 0.3) is 5.91 Å². The summed E-state index contributed by atoms with van der Waals surface area (Å²) in [6.07, 6.45) is 7.94. The van der Waals surface area contributed by atoms with Gasteiger partial charge in [-0.3, -0.25) is 9.78 Å². The topological polar surface area (TPSA) is 159 Å². The molecule has 39 heavy (non-hydrogen) atoms. The molecular formula is C27H33ClN8O3. The van der Waals surface area contributed by atoms with E-state index in [1.54, 1.807) is 16.8 Å². The third kappa shape index (κ3) is 6.41. The lowest BCUT2D eigenvalue weighted by Gasteiger charge is -2.37. The van der Waals surface area contributed by atoms with Crippen molar-refractivity contribution in [2.24, 2.45) is 11.7 Å². The number of hydrogen-bond acceptors (Lipinski definition) is 8. The normalized spacial score (nSPS) is 22.1. The number of nitriles is 1. The number of fused-ring (bicyclic) bond motifs is 1. The van der Waals surface area contributed by atoms with Gasteiger partial charge in [0.15, 0.2) is 0 Å². The summed E-state index contributed by atoms with van der Waals surface area (Å²) < 4.78 is 6.38. The Bertz CT molecular complexity index is 1370. The molecule has 11 nitrogen and oxygen atoms in total. The SMILES string of the molecule is COC(=O)NCC1CC(Nc2cc(-c3ccc4cc(C#N)cnn34)ncc2C(=O)NC2CCC(N)CC2)C1.Cl. The number of pyridine rings is 1. The summed E-state index contributed by atoms with van der Waals surface area (Å²) >= 11 is 0. The molecule has 2 saturated carbocycles. The molecule has 3 aromatic rings. The van der Waals surface area contributed by atoms with Crippen LogP contribution in [0.1, 0.15) is 54.4 Å². The zero-order valence-corrected chi connectivity index (χ0v) is 22.5. The zero-order chi connectivity index (χ0) is 26.6. The van der Waals surface area contributed by atoms with Crippen molar-refractivity contribution in [2.45, 2.75) is 56.7 Å². The molecule has 2 fully saturated rings. The molecule has 0 atom stereocenters. The first-order valence-electron chi connectivity index (χ1n) is 13.0. The molecule has 206 valence electrons. The molecule has 0 aromatic carbocycles. The summed E-state index contributed by atoms with van der Waals surface area (Å²) in [5.41, 5.74) is 9.90. The molecule has 2 aliphatic rings. The number of nitrogens with one attached hydrogen (secondary N) is 3. The van der Waals surface area contributed by atoms with E-state index < -0.39 is 6.09 Å². The number of anilines is 1. The van der Waals surface area contributed by atoms with Crippen LogP contribution < -0.4 is 21.7 Å². The second kappa shape index (κ2) is 12.3. The number of hydrogen-bond donors (Lipinski definition) is 4. The molecule has 12 heteroatoms. The van der Waals surface area contributed by atoms with E-state index >= 15 is 0 Å². The number of nitrogens with two attached hydrogens (primary N) is 1. The summed E-state index contributed by atoms with van der Waals surface area (Å²) in [6.45, 7) is 0.552. The van der Waals surface area contributed by atoms with E-state index in [0.29, 0.717) is 35.0 Å². The minimum absolute atomic E-state index is 0. The third-order valence-corrected chi connectivity index (χ3v) is 7.46. The van der Waals surface area contributed by atoms with Crippen molar-refractivity contribution < 1.29 is 14.3 Å². The highest BCUT2D eigenvalue weighted by Crippen LogP contribution is 2.33. The van der Waals surface area contributed by atoms with Crippen molar-refractivity contribution >= 4 is 35.6 Å². The lowest BCUT2D eigenvalue weighted by molar-refractivity contribution is 0.0926. The first kappa shape index (κ1) is 28.1. The molecule has 3 aromatic heterocycles. The molecule has 0 unspecified atom stereocenters. The fourth-order valence-electron chi connectivity index (χ4n) is 5.22. The maximum atomic E-state index is 13.3. The first-order chi connectivity index (χ1) is 18.4. The highest BCUT2D eigenvalue weighted by Gasteiger charge is 2.31. The van der Waals surface area contributed by atoms with Crippen LogP contribution >= 0.6 is 12.4 Å². The molecule has 5 N–H and O–H groups in total. The molecule has 5 rings (SSSR count). The van der Waals surface area contributed by atoms with Crippen molar-refractivity contribution in [3.8, 4) is 17.5 Å². The van der Waals surface area contributed by atoms with Crippen LogP contribution in [0, 0.1) is 17.2 Å². The number of carbonyl (C=O) groups is 2. The van der Waals surface area contributed by atoms with E-state index in [0.717, 1.165) is 49.7 Å². The summed E-state index contributed by atoms with van der Waals surface area (Å²) in [6, 6.07) is 10.0. The molecule has 0 radical (unpaired) electrons. The smallest absolute Gasteiger partial charge is 0.406 e. The maximum absolute atomic E-state index is 13.3. The van der Waals surface area contributed by atoms with Gasteiger partial charge in [0.1, 0.15) is 6.07 Å². The molecule has 0 bridgehead atoms. The molecule has 2 amide bonds. The number of ether oxygens (including phenoxy) is 1. The number of nitrogens with zero attached hydrogens (tertiary/aromatic N) is 4. The third-order valence-electron chi connectivity index (χ3n) is 7.46. The number of amides is 2. The van der Waals surface area contributed by atoms with Crippen LogP contribution in [0.4, 0.5) is 10.5 Å². The van der Waals surface area contributed by atoms with E-state index in [4.69, 9.17) is 5.73 Å². The van der Waals surface area contributed by atoms with Gasteiger partial charge in [-0.25, -0.2) is 9.31 Å². The van der Waals surface area contributed by atoms with E-state index in [-0.39, 0.29) is 36.4 Å². The van der Waals surface area contributed by atoms with Gasteiger partial charge in [-0.05, 0) is 68.7 Å². The number of rotatable bonds is 7. The number of carbonyl (C=O) groups excluding carboxylic acids is 2. The van der Waals surface area contributed by atoms with Crippen molar-refractivity contribution in [1.29, 1.82) is 5.26 Å². The maximum Gasteiger partial charge on any atom is 0.406 e. The van der Waals surface area contributed by atoms with Crippen LogP contribution in [-0.4, -0.2) is 58.4 Å². The lowest BCUT2D eigenvalue weighted by Crippen LogP contribution is -2.43. The summed E-state index contributed by atoms with van der Waals surface area (Å²) in [7, 11) is 1.35. The monoisotopic (exact) mass is 552 g/mol. The Hall–Kier alpha value is -3.88. The lowest BCUT2D eigenvalue weighted by atomic mass is 9.80. The summed E-state index contributed by atoms with van der Waals surface area (Å²) in [4.78, 5) is 29.3. The van der Waals surface area contributed by atoms with Crippen LogP contribution in [0.5, 0.6) is 0 Å². The average Bonchev–Trinajstić information content (AvgIpc) is 3.34. The largest absolute Gasteiger partial charge is 0.453 e. The van der Waals surface area contributed by atoms with Crippen molar-refractivity contribution in [1.82, 2.24) is 25.2 Å². The van der Waals surface area contributed by atoms with Crippen LogP contribution in [0.2, 0.25) is 0 Å². The van der Waals surface area contributed by atoms with E-state index in [1.165, 1.54) is 13.3 Å². The summed E-state index contributed by atoms with van der Waals surface area (Å²) in [5.74, 6) is 0.178. The molecule has 0 saturated heterocycles. The van der Waals surface area contributed by atoms with Gasteiger partial charge < -0.3 is 26.4 Å². The predicted octanol–water partition coefficient (Wildman–Crippen LogP) is 3.24. The highest BCUT2D eigenvalue weighted by molar-refractivity contribution is 6.00. The number of methoxy groups -OCH3 is 1. The van der Waals surface area contributed by atoms with Gasteiger partial charge in [0.05, 0.1) is 47.0 Å². The Morgan fingerprint density at radius 2 is 1.92 bits per heavy atom. The van der Waals surface area contributed by atoms with E-state index in [2.05, 4.69) is 36.8 Å². The summed E-state index contributed by atoms with van der Waals surface area (Å²) in [5, 5.41) is 23.0.